The molecule has 3 heteroatoms. The van der Waals surface area contributed by atoms with E-state index in [0.29, 0.717) is 0 Å². The van der Waals surface area contributed by atoms with Gasteiger partial charge in [-0.1, -0.05) is 0 Å². The highest BCUT2D eigenvalue weighted by Gasteiger charge is 2.18. The van der Waals surface area contributed by atoms with Crippen molar-refractivity contribution in [2.45, 2.75) is 32.2 Å². The van der Waals surface area contributed by atoms with Crippen LogP contribution in [0.1, 0.15) is 26.2 Å². The lowest BCUT2D eigenvalue weighted by Gasteiger charge is -2.20. The third-order valence-corrected chi connectivity index (χ3v) is 3.43. The molecule has 0 unspecified atom stereocenters. The summed E-state index contributed by atoms with van der Waals surface area (Å²) in [7, 11) is 0. The molecule has 1 atom stereocenters. The number of likely N-dealkylation sites (tertiary alicyclic amines) is 1. The van der Waals surface area contributed by atoms with Crippen LogP contribution in [0.25, 0.3) is 0 Å². The number of benzene rings is 1. The average Bonchev–Trinajstić information content (AvgIpc) is 2.73. The fourth-order valence-electron chi connectivity index (χ4n) is 2.35. The zero-order valence-corrected chi connectivity index (χ0v) is 10.6. The Morgan fingerprint density at radius 3 is 2.76 bits per heavy atom. The van der Waals surface area contributed by atoms with Crippen molar-refractivity contribution in [2.75, 3.05) is 25.4 Å². The Hall–Kier alpha value is -1.22. The summed E-state index contributed by atoms with van der Waals surface area (Å²) < 4.78 is 5.67. The van der Waals surface area contributed by atoms with Gasteiger partial charge in [-0.15, -0.1) is 0 Å². The summed E-state index contributed by atoms with van der Waals surface area (Å²) in [6.45, 7) is 5.50. The molecule has 1 saturated heterocycles. The Kier molecular flexibility index (Phi) is 4.26. The lowest BCUT2D eigenvalue weighted by atomic mass is 10.2. The quantitative estimate of drug-likeness (QED) is 0.628. The van der Waals surface area contributed by atoms with Crippen molar-refractivity contribution in [3.8, 4) is 5.75 Å². The molecular formula is C14H22N2O. The van der Waals surface area contributed by atoms with Crippen molar-refractivity contribution < 1.29 is 4.74 Å². The van der Waals surface area contributed by atoms with E-state index in [1.165, 1.54) is 19.4 Å². The van der Waals surface area contributed by atoms with Gasteiger partial charge in [-0.25, -0.2) is 0 Å². The molecule has 17 heavy (non-hydrogen) atoms. The molecule has 0 saturated carbocycles. The first-order chi connectivity index (χ1) is 8.25. The summed E-state index contributed by atoms with van der Waals surface area (Å²) in [6.07, 6.45) is 3.79. The predicted octanol–water partition coefficient (Wildman–Crippen LogP) is 2.52. The van der Waals surface area contributed by atoms with Gasteiger partial charge in [0.25, 0.3) is 0 Å². The van der Waals surface area contributed by atoms with Crippen molar-refractivity contribution in [2.24, 2.45) is 0 Å². The molecule has 2 N–H and O–H groups in total. The molecule has 1 heterocycles. The number of nitrogens with two attached hydrogens (primary N) is 1. The maximum absolute atomic E-state index is 5.67. The summed E-state index contributed by atoms with van der Waals surface area (Å²) in [5.41, 5.74) is 6.40. The molecule has 0 amide bonds. The molecule has 1 fully saturated rings. The zero-order chi connectivity index (χ0) is 12.1. The van der Waals surface area contributed by atoms with Gasteiger partial charge >= 0.3 is 0 Å². The van der Waals surface area contributed by atoms with E-state index in [9.17, 15) is 0 Å². The molecule has 1 aromatic carbocycles. The standard InChI is InChI=1S/C14H22N2O/c1-12-4-2-9-16(12)10-3-11-17-14-7-5-13(15)6-8-14/h5-8,12H,2-4,9-11,15H2,1H3/t12-/m0/s1. The van der Waals surface area contributed by atoms with E-state index in [1.54, 1.807) is 0 Å². The second-order valence-electron chi connectivity index (χ2n) is 4.80. The van der Waals surface area contributed by atoms with E-state index in [0.717, 1.165) is 37.1 Å². The van der Waals surface area contributed by atoms with E-state index in [4.69, 9.17) is 10.5 Å². The highest BCUT2D eigenvalue weighted by atomic mass is 16.5. The summed E-state index contributed by atoms with van der Waals surface area (Å²) in [5.74, 6) is 0.911. The van der Waals surface area contributed by atoms with Crippen molar-refractivity contribution in [1.82, 2.24) is 4.90 Å². The molecule has 1 aliphatic rings. The number of nitrogens with zero attached hydrogens (tertiary/aromatic N) is 1. The monoisotopic (exact) mass is 234 g/mol. The van der Waals surface area contributed by atoms with Gasteiger partial charge in [0.1, 0.15) is 5.75 Å². The smallest absolute Gasteiger partial charge is 0.119 e. The molecule has 0 bridgehead atoms. The highest BCUT2D eigenvalue weighted by molar-refractivity contribution is 5.41. The van der Waals surface area contributed by atoms with Crippen LogP contribution in [0.5, 0.6) is 5.75 Å². The van der Waals surface area contributed by atoms with E-state index >= 15 is 0 Å². The van der Waals surface area contributed by atoms with Gasteiger partial charge in [-0.2, -0.15) is 0 Å². The minimum Gasteiger partial charge on any atom is -0.494 e. The zero-order valence-electron chi connectivity index (χ0n) is 10.6. The summed E-state index contributed by atoms with van der Waals surface area (Å²) in [6, 6.07) is 8.35. The average molecular weight is 234 g/mol. The number of hydrogen-bond acceptors (Lipinski definition) is 3. The predicted molar refractivity (Wildman–Crippen MR) is 71.2 cm³/mol. The van der Waals surface area contributed by atoms with Gasteiger partial charge < -0.3 is 15.4 Å². The van der Waals surface area contributed by atoms with Crippen LogP contribution >= 0.6 is 0 Å². The molecule has 2 rings (SSSR count). The van der Waals surface area contributed by atoms with Gasteiger partial charge in [-0.05, 0) is 57.0 Å². The number of hydrogen-bond donors (Lipinski definition) is 1. The minimum absolute atomic E-state index is 0.756. The fraction of sp³-hybridized carbons (Fsp3) is 0.571. The van der Waals surface area contributed by atoms with Crippen LogP contribution in [-0.4, -0.2) is 30.6 Å². The largest absolute Gasteiger partial charge is 0.494 e. The number of anilines is 1. The molecule has 0 aliphatic carbocycles. The number of ether oxygens (including phenoxy) is 1. The van der Waals surface area contributed by atoms with E-state index < -0.39 is 0 Å². The van der Waals surface area contributed by atoms with Crippen molar-refractivity contribution >= 4 is 5.69 Å². The van der Waals surface area contributed by atoms with Gasteiger partial charge in [0, 0.05) is 18.3 Å². The molecule has 0 aromatic heterocycles. The SMILES string of the molecule is C[C@H]1CCCN1CCCOc1ccc(N)cc1. The maximum atomic E-state index is 5.67. The molecule has 1 aliphatic heterocycles. The number of nitrogen functional groups attached to an aromatic ring is 1. The van der Waals surface area contributed by atoms with Crippen LogP contribution in [0.15, 0.2) is 24.3 Å². The first-order valence-electron chi connectivity index (χ1n) is 6.48. The van der Waals surface area contributed by atoms with Gasteiger partial charge in [0.2, 0.25) is 0 Å². The fourth-order valence-corrected chi connectivity index (χ4v) is 2.35. The third-order valence-electron chi connectivity index (χ3n) is 3.43. The van der Waals surface area contributed by atoms with Crippen LogP contribution in [0, 0.1) is 0 Å². The topological polar surface area (TPSA) is 38.5 Å². The van der Waals surface area contributed by atoms with Crippen LogP contribution < -0.4 is 10.5 Å². The van der Waals surface area contributed by atoms with E-state index in [1.807, 2.05) is 24.3 Å². The van der Waals surface area contributed by atoms with Crippen molar-refractivity contribution in [3.05, 3.63) is 24.3 Å². The molecular weight excluding hydrogens is 212 g/mol. The number of rotatable bonds is 5. The maximum Gasteiger partial charge on any atom is 0.119 e. The summed E-state index contributed by atoms with van der Waals surface area (Å²) in [4.78, 5) is 2.55. The summed E-state index contributed by atoms with van der Waals surface area (Å²) >= 11 is 0. The Morgan fingerprint density at radius 2 is 2.12 bits per heavy atom. The minimum atomic E-state index is 0.756. The molecule has 1 aromatic rings. The van der Waals surface area contributed by atoms with Gasteiger partial charge in [0.15, 0.2) is 0 Å². The van der Waals surface area contributed by atoms with Gasteiger partial charge in [-0.3, -0.25) is 0 Å². The first-order valence-corrected chi connectivity index (χ1v) is 6.48. The Bertz CT molecular complexity index is 337. The Balaban J connectivity index is 1.64. The normalized spacial score (nSPS) is 20.6. The van der Waals surface area contributed by atoms with Crippen molar-refractivity contribution in [1.29, 1.82) is 0 Å². The molecule has 3 nitrogen and oxygen atoms in total. The second kappa shape index (κ2) is 5.92. The molecule has 0 radical (unpaired) electrons. The lowest BCUT2D eigenvalue weighted by molar-refractivity contribution is 0.230. The Labute approximate surface area is 104 Å². The molecule has 0 spiro atoms. The van der Waals surface area contributed by atoms with Gasteiger partial charge in [0.05, 0.1) is 6.61 Å². The van der Waals surface area contributed by atoms with E-state index in [2.05, 4.69) is 11.8 Å². The first kappa shape index (κ1) is 12.2. The lowest BCUT2D eigenvalue weighted by Crippen LogP contribution is -2.28. The van der Waals surface area contributed by atoms with Crippen LogP contribution in [0.3, 0.4) is 0 Å². The third kappa shape index (κ3) is 3.63. The van der Waals surface area contributed by atoms with Crippen LogP contribution in [0.4, 0.5) is 5.69 Å². The van der Waals surface area contributed by atoms with E-state index in [-0.39, 0.29) is 0 Å². The summed E-state index contributed by atoms with van der Waals surface area (Å²) in [5, 5.41) is 0. The van der Waals surface area contributed by atoms with Crippen LogP contribution in [0.2, 0.25) is 0 Å². The molecule has 94 valence electrons. The van der Waals surface area contributed by atoms with Crippen LogP contribution in [-0.2, 0) is 0 Å². The Morgan fingerprint density at radius 1 is 1.35 bits per heavy atom. The second-order valence-corrected chi connectivity index (χ2v) is 4.80. The highest BCUT2D eigenvalue weighted by Crippen LogP contribution is 2.17. The van der Waals surface area contributed by atoms with Crippen molar-refractivity contribution in [3.63, 3.8) is 0 Å².